The Morgan fingerprint density at radius 1 is 1.25 bits per heavy atom. The molecule has 0 spiro atoms. The van der Waals surface area contributed by atoms with Gasteiger partial charge in [0, 0.05) is 10.9 Å². The predicted molar refractivity (Wildman–Crippen MR) is 104 cm³/mol. The van der Waals surface area contributed by atoms with Crippen LogP contribution in [0.4, 0.5) is 5.69 Å². The van der Waals surface area contributed by atoms with E-state index in [0.29, 0.717) is 28.9 Å². The molecule has 2 aromatic carbocycles. The molecule has 0 atom stereocenters. The Balaban J connectivity index is 1.62. The van der Waals surface area contributed by atoms with E-state index in [0.717, 1.165) is 24.2 Å². The summed E-state index contributed by atoms with van der Waals surface area (Å²) in [6, 6.07) is 11.5. The molecule has 7 nitrogen and oxygen atoms in total. The Labute approximate surface area is 167 Å². The molecule has 28 heavy (non-hydrogen) atoms. The number of para-hydroxylation sites is 1. The number of methoxy groups -OCH3 is 1. The first-order valence-electron chi connectivity index (χ1n) is 8.73. The van der Waals surface area contributed by atoms with Crippen LogP contribution in [0, 0.1) is 0 Å². The summed E-state index contributed by atoms with van der Waals surface area (Å²) in [5.41, 5.74) is 1.15. The first-order valence-corrected chi connectivity index (χ1v) is 10.6. The first kappa shape index (κ1) is 18.8. The van der Waals surface area contributed by atoms with E-state index in [-0.39, 0.29) is 10.6 Å². The van der Waals surface area contributed by atoms with Crippen molar-refractivity contribution in [3.63, 3.8) is 0 Å². The highest BCUT2D eigenvalue weighted by Gasteiger charge is 2.29. The van der Waals surface area contributed by atoms with E-state index in [1.807, 2.05) is 12.1 Å². The summed E-state index contributed by atoms with van der Waals surface area (Å²) in [7, 11) is -2.51. The van der Waals surface area contributed by atoms with E-state index in [1.165, 1.54) is 19.2 Å². The fraction of sp³-hybridized carbons (Fsp3) is 0.263. The third-order valence-electron chi connectivity index (χ3n) is 4.44. The molecule has 146 valence electrons. The molecule has 1 fully saturated rings. The van der Waals surface area contributed by atoms with E-state index in [2.05, 4.69) is 14.9 Å². The summed E-state index contributed by atoms with van der Waals surface area (Å²) in [5.74, 6) is 1.77. The van der Waals surface area contributed by atoms with Gasteiger partial charge in [0.15, 0.2) is 5.82 Å². The molecule has 1 N–H and O–H groups in total. The summed E-state index contributed by atoms with van der Waals surface area (Å²) in [5, 5.41) is 4.30. The van der Waals surface area contributed by atoms with Crippen molar-refractivity contribution in [2.75, 3.05) is 11.8 Å². The number of halogens is 1. The van der Waals surface area contributed by atoms with Gasteiger partial charge >= 0.3 is 0 Å². The third kappa shape index (κ3) is 3.98. The maximum atomic E-state index is 12.9. The molecule has 9 heteroatoms. The fourth-order valence-electron chi connectivity index (χ4n) is 2.84. The van der Waals surface area contributed by atoms with Crippen molar-refractivity contribution in [2.24, 2.45) is 0 Å². The number of aromatic nitrogens is 2. The topological polar surface area (TPSA) is 94.3 Å². The summed E-state index contributed by atoms with van der Waals surface area (Å²) in [6.07, 6.45) is 2.48. The minimum Gasteiger partial charge on any atom is -0.495 e. The zero-order chi connectivity index (χ0) is 19.7. The number of ether oxygens (including phenoxy) is 1. The van der Waals surface area contributed by atoms with E-state index >= 15 is 0 Å². The van der Waals surface area contributed by atoms with Crippen LogP contribution in [0.15, 0.2) is 51.9 Å². The fourth-order valence-corrected chi connectivity index (χ4v) is 4.38. The molecule has 0 saturated heterocycles. The number of rotatable bonds is 7. The first-order chi connectivity index (χ1) is 13.5. The Morgan fingerprint density at radius 3 is 2.79 bits per heavy atom. The highest BCUT2D eigenvalue weighted by Crippen LogP contribution is 2.38. The zero-order valence-corrected chi connectivity index (χ0v) is 16.6. The lowest BCUT2D eigenvalue weighted by Crippen LogP contribution is -2.15. The van der Waals surface area contributed by atoms with E-state index in [4.69, 9.17) is 20.9 Å². The molecule has 4 rings (SSSR count). The SMILES string of the molecule is COc1ccc(Cl)cc1S(=O)(=O)Nc1ccccc1Cc1nc(C2CC2)no1. The zero-order valence-electron chi connectivity index (χ0n) is 15.1. The van der Waals surface area contributed by atoms with Crippen molar-refractivity contribution in [3.8, 4) is 5.75 Å². The monoisotopic (exact) mass is 419 g/mol. The van der Waals surface area contributed by atoms with E-state index in [9.17, 15) is 8.42 Å². The van der Waals surface area contributed by atoms with Crippen molar-refractivity contribution in [3.05, 3.63) is 64.8 Å². The number of hydrogen-bond acceptors (Lipinski definition) is 6. The molecule has 1 aromatic heterocycles. The Hall–Kier alpha value is -2.58. The van der Waals surface area contributed by atoms with Crippen LogP contribution in [0.1, 0.15) is 36.0 Å². The van der Waals surface area contributed by atoms with Gasteiger partial charge in [0.2, 0.25) is 5.89 Å². The number of anilines is 1. The van der Waals surface area contributed by atoms with Gasteiger partial charge in [-0.2, -0.15) is 4.98 Å². The highest BCUT2D eigenvalue weighted by molar-refractivity contribution is 7.92. The summed E-state index contributed by atoms with van der Waals surface area (Å²) >= 11 is 5.98. The van der Waals surface area contributed by atoms with E-state index < -0.39 is 10.0 Å². The maximum absolute atomic E-state index is 12.9. The molecular formula is C19H18ClN3O4S. The van der Waals surface area contributed by atoms with Crippen molar-refractivity contribution >= 4 is 27.3 Å². The lowest BCUT2D eigenvalue weighted by Gasteiger charge is -2.14. The standard InChI is InChI=1S/C19H18ClN3O4S/c1-26-16-9-8-14(20)11-17(16)28(24,25)23-15-5-3-2-4-13(15)10-18-21-19(22-27-18)12-6-7-12/h2-5,8-9,11-12,23H,6-7,10H2,1H3. The molecule has 1 heterocycles. The van der Waals surface area contributed by atoms with Crippen LogP contribution >= 0.6 is 11.6 Å². The average molecular weight is 420 g/mol. The minimum absolute atomic E-state index is 0.0360. The van der Waals surface area contributed by atoms with Crippen LogP contribution in [0.3, 0.4) is 0 Å². The smallest absolute Gasteiger partial charge is 0.265 e. The molecule has 1 saturated carbocycles. The number of nitrogens with zero attached hydrogens (tertiary/aromatic N) is 2. The lowest BCUT2D eigenvalue weighted by molar-refractivity contribution is 0.379. The molecule has 1 aliphatic rings. The van der Waals surface area contributed by atoms with Crippen LogP contribution < -0.4 is 9.46 Å². The van der Waals surface area contributed by atoms with Crippen molar-refractivity contribution in [2.45, 2.75) is 30.1 Å². The number of hydrogen-bond donors (Lipinski definition) is 1. The molecule has 0 radical (unpaired) electrons. The number of sulfonamides is 1. The van der Waals surface area contributed by atoms with Crippen molar-refractivity contribution in [1.29, 1.82) is 0 Å². The molecular weight excluding hydrogens is 402 g/mol. The lowest BCUT2D eigenvalue weighted by atomic mass is 10.1. The van der Waals surface area contributed by atoms with E-state index in [1.54, 1.807) is 18.2 Å². The van der Waals surface area contributed by atoms with Crippen molar-refractivity contribution in [1.82, 2.24) is 10.1 Å². The maximum Gasteiger partial charge on any atom is 0.265 e. The molecule has 3 aromatic rings. The Kier molecular flexibility index (Phi) is 4.99. The van der Waals surface area contributed by atoms with Crippen molar-refractivity contribution < 1.29 is 17.7 Å². The third-order valence-corrected chi connectivity index (χ3v) is 6.07. The molecule has 1 aliphatic carbocycles. The summed E-state index contributed by atoms with van der Waals surface area (Å²) in [4.78, 5) is 4.37. The Morgan fingerprint density at radius 2 is 2.04 bits per heavy atom. The second kappa shape index (κ2) is 7.44. The van der Waals surface area contributed by atoms with Crippen LogP contribution in [-0.4, -0.2) is 25.7 Å². The molecule has 0 amide bonds. The van der Waals surface area contributed by atoms with Gasteiger partial charge in [0.25, 0.3) is 10.0 Å². The largest absolute Gasteiger partial charge is 0.495 e. The average Bonchev–Trinajstić information content (AvgIpc) is 3.42. The molecule has 0 aliphatic heterocycles. The van der Waals surface area contributed by atoms with Crippen LogP contribution in [0.2, 0.25) is 5.02 Å². The molecule has 0 unspecified atom stereocenters. The quantitative estimate of drug-likeness (QED) is 0.622. The van der Waals surface area contributed by atoms with Gasteiger partial charge in [-0.05, 0) is 42.7 Å². The van der Waals surface area contributed by atoms with Crippen LogP contribution in [-0.2, 0) is 16.4 Å². The second-order valence-corrected chi connectivity index (χ2v) is 8.64. The second-order valence-electron chi connectivity index (χ2n) is 6.56. The van der Waals surface area contributed by atoms with Gasteiger partial charge in [0.1, 0.15) is 10.6 Å². The van der Waals surface area contributed by atoms with Gasteiger partial charge in [0.05, 0.1) is 19.2 Å². The van der Waals surface area contributed by atoms with Gasteiger partial charge < -0.3 is 9.26 Å². The highest BCUT2D eigenvalue weighted by atomic mass is 35.5. The van der Waals surface area contributed by atoms with Crippen LogP contribution in [0.5, 0.6) is 5.75 Å². The minimum atomic E-state index is -3.92. The normalized spacial score (nSPS) is 14.1. The summed E-state index contributed by atoms with van der Waals surface area (Å²) in [6.45, 7) is 0. The van der Waals surface area contributed by atoms with Gasteiger partial charge in [-0.15, -0.1) is 0 Å². The number of benzene rings is 2. The van der Waals surface area contributed by atoms with Crippen LogP contribution in [0.25, 0.3) is 0 Å². The van der Waals surface area contributed by atoms with Gasteiger partial charge in [-0.1, -0.05) is 35.0 Å². The Bertz CT molecular complexity index is 1110. The number of nitrogens with one attached hydrogen (secondary N) is 1. The van der Waals surface area contributed by atoms with Gasteiger partial charge in [-0.3, -0.25) is 4.72 Å². The summed E-state index contributed by atoms with van der Waals surface area (Å²) < 4.78 is 39.0. The predicted octanol–water partition coefficient (Wildman–Crippen LogP) is 4.00. The molecule has 0 bridgehead atoms. The van der Waals surface area contributed by atoms with Gasteiger partial charge in [-0.25, -0.2) is 8.42 Å².